The summed E-state index contributed by atoms with van der Waals surface area (Å²) in [6, 6.07) is 0. The Hall–Kier alpha value is -0.0400. The van der Waals surface area contributed by atoms with Crippen LogP contribution in [0, 0.1) is 0 Å². The molecule has 0 aliphatic carbocycles. The largest absolute Gasteiger partial charge is 0.293 e. The van der Waals surface area contributed by atoms with Crippen LogP contribution in [-0.2, 0) is 0 Å². The second-order valence-corrected chi connectivity index (χ2v) is 16.9. The summed E-state index contributed by atoms with van der Waals surface area (Å²) in [6.45, 7) is 18.6. The minimum atomic E-state index is 0.305. The van der Waals surface area contributed by atoms with E-state index in [1.54, 1.807) is 0 Å². The Labute approximate surface area is 295 Å². The number of unbranched alkanes of at least 4 members (excludes halogenated alkanes) is 30. The van der Waals surface area contributed by atoms with Crippen molar-refractivity contribution in [3.05, 3.63) is 0 Å². The van der Waals surface area contributed by atoms with Gasteiger partial charge in [0.05, 0.1) is 0 Å². The van der Waals surface area contributed by atoms with Gasteiger partial charge in [-0.15, -0.1) is 0 Å². The molecular formula is C45H93N. The van der Waals surface area contributed by atoms with Crippen molar-refractivity contribution in [2.75, 3.05) is 6.54 Å². The minimum Gasteiger partial charge on any atom is -0.293 e. The normalized spacial score (nSPS) is 12.5. The molecule has 0 saturated heterocycles. The molecule has 0 spiro atoms. The molecule has 0 amide bonds. The quantitative estimate of drug-likeness (QED) is 0.0603. The molecule has 0 aliphatic rings. The molecule has 0 atom stereocenters. The molecule has 46 heavy (non-hydrogen) atoms. The summed E-state index contributed by atoms with van der Waals surface area (Å²) in [6.07, 6.45) is 50.3. The molecule has 0 rings (SSSR count). The highest BCUT2D eigenvalue weighted by atomic mass is 15.2. The Morgan fingerprint density at radius 3 is 0.696 bits per heavy atom. The maximum Gasteiger partial charge on any atom is 0.0158 e. The standard InChI is InChI=1S/C45H93N/c1-8-11-14-17-20-23-26-29-32-35-38-41-44(4,5)46(43-40-37-34-31-28-25-22-19-16-13-10-3)45(6,7)42-39-36-33-30-27-24-21-18-15-12-9-2/h8-43H2,1-7H3. The van der Waals surface area contributed by atoms with Gasteiger partial charge in [-0.3, -0.25) is 4.90 Å². The van der Waals surface area contributed by atoms with Gasteiger partial charge >= 0.3 is 0 Å². The van der Waals surface area contributed by atoms with E-state index in [2.05, 4.69) is 53.4 Å². The van der Waals surface area contributed by atoms with Crippen LogP contribution >= 0.6 is 0 Å². The summed E-state index contributed by atoms with van der Waals surface area (Å²) in [7, 11) is 0. The number of hydrogen-bond donors (Lipinski definition) is 0. The third-order valence-corrected chi connectivity index (χ3v) is 11.2. The first kappa shape index (κ1) is 46.0. The Morgan fingerprint density at radius 2 is 0.457 bits per heavy atom. The zero-order valence-corrected chi connectivity index (χ0v) is 33.9. The van der Waals surface area contributed by atoms with E-state index in [-0.39, 0.29) is 0 Å². The van der Waals surface area contributed by atoms with Gasteiger partial charge in [-0.25, -0.2) is 0 Å². The molecule has 1 nitrogen and oxygen atoms in total. The molecule has 0 aliphatic heterocycles. The summed E-state index contributed by atoms with van der Waals surface area (Å²) in [4.78, 5) is 2.99. The second-order valence-electron chi connectivity index (χ2n) is 16.9. The van der Waals surface area contributed by atoms with Crippen LogP contribution in [0.2, 0.25) is 0 Å². The molecule has 0 radical (unpaired) electrons. The fourth-order valence-electron chi connectivity index (χ4n) is 8.07. The molecule has 0 heterocycles. The lowest BCUT2D eigenvalue weighted by Gasteiger charge is -2.49. The average Bonchev–Trinajstić information content (AvgIpc) is 3.02. The van der Waals surface area contributed by atoms with Crippen LogP contribution in [-0.4, -0.2) is 22.5 Å². The zero-order valence-electron chi connectivity index (χ0n) is 33.9. The maximum absolute atomic E-state index is 2.99. The van der Waals surface area contributed by atoms with E-state index in [9.17, 15) is 0 Å². The molecule has 0 fully saturated rings. The average molecular weight is 648 g/mol. The number of hydrogen-bond acceptors (Lipinski definition) is 1. The first-order valence-corrected chi connectivity index (χ1v) is 22.1. The minimum absolute atomic E-state index is 0.305. The van der Waals surface area contributed by atoms with E-state index < -0.39 is 0 Å². The third kappa shape index (κ3) is 28.9. The van der Waals surface area contributed by atoms with Gasteiger partial charge in [0, 0.05) is 11.1 Å². The summed E-state index contributed by atoms with van der Waals surface area (Å²) >= 11 is 0. The van der Waals surface area contributed by atoms with E-state index in [4.69, 9.17) is 0 Å². The fourth-order valence-corrected chi connectivity index (χ4v) is 8.07. The topological polar surface area (TPSA) is 3.24 Å². The van der Waals surface area contributed by atoms with Crippen LogP contribution in [0.3, 0.4) is 0 Å². The van der Waals surface area contributed by atoms with Crippen LogP contribution < -0.4 is 0 Å². The van der Waals surface area contributed by atoms with Gasteiger partial charge in [0.1, 0.15) is 0 Å². The van der Waals surface area contributed by atoms with Gasteiger partial charge in [-0.2, -0.15) is 0 Å². The zero-order chi connectivity index (χ0) is 34.0. The molecule has 0 aromatic carbocycles. The molecule has 0 aromatic heterocycles. The highest BCUT2D eigenvalue weighted by molar-refractivity contribution is 4.92. The van der Waals surface area contributed by atoms with Crippen molar-refractivity contribution in [2.24, 2.45) is 0 Å². The summed E-state index contributed by atoms with van der Waals surface area (Å²) < 4.78 is 0. The van der Waals surface area contributed by atoms with Crippen molar-refractivity contribution in [2.45, 2.75) is 284 Å². The third-order valence-electron chi connectivity index (χ3n) is 11.2. The Kier molecular flexibility index (Phi) is 33.4. The summed E-state index contributed by atoms with van der Waals surface area (Å²) in [5.41, 5.74) is 0.609. The van der Waals surface area contributed by atoms with Crippen LogP contribution in [0.15, 0.2) is 0 Å². The highest BCUT2D eigenvalue weighted by Crippen LogP contribution is 2.34. The molecule has 0 unspecified atom stereocenters. The van der Waals surface area contributed by atoms with Crippen molar-refractivity contribution in [1.82, 2.24) is 4.90 Å². The van der Waals surface area contributed by atoms with E-state index >= 15 is 0 Å². The lowest BCUT2D eigenvalue weighted by Crippen LogP contribution is -2.55. The first-order chi connectivity index (χ1) is 22.3. The first-order valence-electron chi connectivity index (χ1n) is 22.1. The SMILES string of the molecule is CCCCCCCCCCCCCN(C(C)(C)CCCCCCCCCCCCC)C(C)(C)CCCCCCCCCCCCC. The van der Waals surface area contributed by atoms with Crippen molar-refractivity contribution in [3.63, 3.8) is 0 Å². The van der Waals surface area contributed by atoms with Crippen LogP contribution in [0.1, 0.15) is 273 Å². The Morgan fingerprint density at radius 1 is 0.261 bits per heavy atom. The van der Waals surface area contributed by atoms with Gasteiger partial charge in [-0.1, -0.05) is 226 Å². The Bertz CT molecular complexity index is 540. The van der Waals surface area contributed by atoms with Gasteiger partial charge < -0.3 is 0 Å². The summed E-state index contributed by atoms with van der Waals surface area (Å²) in [5.74, 6) is 0. The smallest absolute Gasteiger partial charge is 0.0158 e. The van der Waals surface area contributed by atoms with Crippen molar-refractivity contribution in [3.8, 4) is 0 Å². The highest BCUT2D eigenvalue weighted by Gasteiger charge is 2.36. The summed E-state index contributed by atoms with van der Waals surface area (Å²) in [5, 5.41) is 0. The van der Waals surface area contributed by atoms with Crippen molar-refractivity contribution < 1.29 is 0 Å². The Balaban J connectivity index is 4.55. The predicted octanol–water partition coefficient (Wildman–Crippen LogP) is 16.6. The number of nitrogens with zero attached hydrogens (tertiary/aromatic N) is 1. The van der Waals surface area contributed by atoms with E-state index in [0.717, 1.165) is 0 Å². The fraction of sp³-hybridized carbons (Fsp3) is 1.00. The molecule has 0 saturated carbocycles. The van der Waals surface area contributed by atoms with Crippen LogP contribution in [0.5, 0.6) is 0 Å². The molecule has 0 N–H and O–H groups in total. The van der Waals surface area contributed by atoms with Crippen LogP contribution in [0.4, 0.5) is 0 Å². The maximum atomic E-state index is 2.99. The van der Waals surface area contributed by atoms with Gasteiger partial charge in [0.2, 0.25) is 0 Å². The van der Waals surface area contributed by atoms with Gasteiger partial charge in [-0.05, 0) is 53.5 Å². The van der Waals surface area contributed by atoms with Gasteiger partial charge in [0.25, 0.3) is 0 Å². The van der Waals surface area contributed by atoms with Crippen molar-refractivity contribution in [1.29, 1.82) is 0 Å². The molecule has 0 bridgehead atoms. The predicted molar refractivity (Wildman–Crippen MR) is 213 cm³/mol. The molecular weight excluding hydrogens is 555 g/mol. The monoisotopic (exact) mass is 648 g/mol. The number of rotatable bonds is 38. The van der Waals surface area contributed by atoms with E-state index in [1.165, 1.54) is 231 Å². The molecule has 278 valence electrons. The van der Waals surface area contributed by atoms with E-state index in [1.807, 2.05) is 0 Å². The lowest BCUT2D eigenvalue weighted by atomic mass is 9.85. The van der Waals surface area contributed by atoms with Crippen LogP contribution in [0.25, 0.3) is 0 Å². The molecule has 0 aromatic rings. The second kappa shape index (κ2) is 33.5. The van der Waals surface area contributed by atoms with Gasteiger partial charge in [0.15, 0.2) is 0 Å². The molecule has 1 heteroatoms. The van der Waals surface area contributed by atoms with E-state index in [0.29, 0.717) is 11.1 Å². The van der Waals surface area contributed by atoms with Crippen molar-refractivity contribution >= 4 is 0 Å². The lowest BCUT2D eigenvalue weighted by molar-refractivity contribution is 0.00151.